The van der Waals surface area contributed by atoms with Crippen LogP contribution in [0.1, 0.15) is 11.8 Å². The molecule has 194 valence electrons. The number of benzene rings is 2. The number of nitrogens with two attached hydrogens (primary N) is 1. The van der Waals surface area contributed by atoms with E-state index >= 15 is 0 Å². The van der Waals surface area contributed by atoms with E-state index in [4.69, 9.17) is 10.5 Å². The van der Waals surface area contributed by atoms with Crippen molar-refractivity contribution in [2.45, 2.75) is 31.0 Å². The highest BCUT2D eigenvalue weighted by atomic mass is 16.6. The van der Waals surface area contributed by atoms with Crippen molar-refractivity contribution in [3.63, 3.8) is 0 Å². The molecule has 0 aliphatic carbocycles. The van der Waals surface area contributed by atoms with E-state index in [9.17, 15) is 15.0 Å². The number of aliphatic hydroxyl groups is 2. The lowest BCUT2D eigenvalue weighted by Gasteiger charge is -2.17. The second-order valence-corrected chi connectivity index (χ2v) is 9.43. The summed E-state index contributed by atoms with van der Waals surface area (Å²) in [6.07, 6.45) is 0.255. The van der Waals surface area contributed by atoms with Crippen LogP contribution in [0.4, 0.5) is 5.82 Å². The molecule has 0 radical (unpaired) electrons. The molecular formula is C27H27N7O4. The molecule has 0 unspecified atom stereocenters. The predicted molar refractivity (Wildman–Crippen MR) is 141 cm³/mol. The lowest BCUT2D eigenvalue weighted by molar-refractivity contribution is -0.137. The van der Waals surface area contributed by atoms with Gasteiger partial charge in [0.25, 0.3) is 5.91 Å². The van der Waals surface area contributed by atoms with Crippen molar-refractivity contribution in [2.24, 2.45) is 7.05 Å². The Morgan fingerprint density at radius 1 is 1.11 bits per heavy atom. The van der Waals surface area contributed by atoms with Gasteiger partial charge in [0.05, 0.1) is 11.1 Å². The van der Waals surface area contributed by atoms with Crippen LogP contribution in [0.15, 0.2) is 67.3 Å². The molecule has 1 fully saturated rings. The van der Waals surface area contributed by atoms with Crippen LogP contribution in [0.5, 0.6) is 0 Å². The standard InChI is InChI=1S/C27H27N7O4/c1-33-11-9-19(32-33)18-13-34(25-20(18)24(28)30-14-31-25)27-22(36)21(35)23(38-27)26(37)29-10-8-15-6-7-16-4-2-3-5-17(16)12-15/h2-7,9,11-14,21-23,27,35-36H,8,10H2,1H3,(H,29,37)(H2,28,30,31)/t21-,22+,23-,27+/m0/s1. The topological polar surface area (TPSA) is 153 Å². The number of aliphatic hydroxyl groups excluding tert-OH is 2. The van der Waals surface area contributed by atoms with Gasteiger partial charge >= 0.3 is 0 Å². The summed E-state index contributed by atoms with van der Waals surface area (Å²) in [6.45, 7) is 0.352. The maximum absolute atomic E-state index is 13.0. The van der Waals surface area contributed by atoms with Gasteiger partial charge in [0.15, 0.2) is 12.3 Å². The summed E-state index contributed by atoms with van der Waals surface area (Å²) in [5.74, 6) is -0.263. The zero-order valence-corrected chi connectivity index (χ0v) is 20.6. The minimum Gasteiger partial charge on any atom is -0.387 e. The van der Waals surface area contributed by atoms with Gasteiger partial charge in [-0.3, -0.25) is 9.48 Å². The average Bonchev–Trinajstić information content (AvgIpc) is 3.60. The van der Waals surface area contributed by atoms with Crippen molar-refractivity contribution in [2.75, 3.05) is 12.3 Å². The Morgan fingerprint density at radius 3 is 2.71 bits per heavy atom. The quantitative estimate of drug-likeness (QED) is 0.267. The number of aromatic nitrogens is 5. The summed E-state index contributed by atoms with van der Waals surface area (Å²) in [5, 5.41) is 31.7. The van der Waals surface area contributed by atoms with Crippen molar-refractivity contribution in [1.82, 2.24) is 29.6 Å². The Hall–Kier alpha value is -4.32. The number of anilines is 1. The molecule has 38 heavy (non-hydrogen) atoms. The summed E-state index contributed by atoms with van der Waals surface area (Å²) in [5.41, 5.74) is 8.92. The second-order valence-electron chi connectivity index (χ2n) is 9.43. The summed E-state index contributed by atoms with van der Waals surface area (Å²) < 4.78 is 9.14. The van der Waals surface area contributed by atoms with Gasteiger partial charge in [-0.1, -0.05) is 42.5 Å². The van der Waals surface area contributed by atoms with Gasteiger partial charge in [-0.2, -0.15) is 5.10 Å². The Morgan fingerprint density at radius 2 is 1.92 bits per heavy atom. The van der Waals surface area contributed by atoms with Gasteiger partial charge in [0, 0.05) is 31.5 Å². The van der Waals surface area contributed by atoms with Crippen LogP contribution in [0.25, 0.3) is 33.1 Å². The molecule has 0 spiro atoms. The normalized spacial score (nSPS) is 21.3. The van der Waals surface area contributed by atoms with Gasteiger partial charge < -0.3 is 30.6 Å². The summed E-state index contributed by atoms with van der Waals surface area (Å²) >= 11 is 0. The summed E-state index contributed by atoms with van der Waals surface area (Å²) in [7, 11) is 1.80. The molecule has 1 aliphatic heterocycles. The first-order valence-electron chi connectivity index (χ1n) is 12.3. The van der Waals surface area contributed by atoms with Gasteiger partial charge in [-0.05, 0) is 28.8 Å². The number of aryl methyl sites for hydroxylation is 1. The van der Waals surface area contributed by atoms with Gasteiger partial charge in [-0.15, -0.1) is 0 Å². The number of carbonyl (C=O) groups is 1. The fraction of sp³-hybridized carbons (Fsp3) is 0.259. The third-order valence-electron chi connectivity index (χ3n) is 6.93. The molecule has 11 nitrogen and oxygen atoms in total. The molecule has 1 amide bonds. The van der Waals surface area contributed by atoms with E-state index in [-0.39, 0.29) is 5.82 Å². The second kappa shape index (κ2) is 9.53. The SMILES string of the molecule is Cn1ccc(-c2cn([C@@H]3O[C@H](C(=O)NCCc4ccc5ccccc5c4)[C@@H](O)[C@H]3O)c3ncnc(N)c23)n1. The third-order valence-corrected chi connectivity index (χ3v) is 6.93. The smallest absolute Gasteiger partial charge is 0.252 e. The molecule has 5 aromatic rings. The third kappa shape index (κ3) is 4.16. The highest BCUT2D eigenvalue weighted by Gasteiger charge is 2.47. The zero-order valence-electron chi connectivity index (χ0n) is 20.6. The lowest BCUT2D eigenvalue weighted by atomic mass is 10.1. The maximum atomic E-state index is 13.0. The van der Waals surface area contributed by atoms with Gasteiger partial charge in [-0.25, -0.2) is 9.97 Å². The van der Waals surface area contributed by atoms with Crippen LogP contribution in [0, 0.1) is 0 Å². The first-order valence-corrected chi connectivity index (χ1v) is 12.3. The fourth-order valence-electron chi connectivity index (χ4n) is 4.99. The van der Waals surface area contributed by atoms with Crippen LogP contribution in [0.2, 0.25) is 0 Å². The first-order chi connectivity index (χ1) is 18.4. The molecule has 11 heteroatoms. The van der Waals surface area contributed by atoms with E-state index in [1.165, 1.54) is 6.33 Å². The van der Waals surface area contributed by atoms with Crippen molar-refractivity contribution < 1.29 is 19.7 Å². The van der Waals surface area contributed by atoms with E-state index in [0.717, 1.165) is 16.3 Å². The first kappa shape index (κ1) is 24.0. The maximum Gasteiger partial charge on any atom is 0.252 e. The van der Waals surface area contributed by atoms with E-state index in [1.807, 2.05) is 36.4 Å². The average molecular weight is 514 g/mol. The fourth-order valence-corrected chi connectivity index (χ4v) is 4.99. The van der Waals surface area contributed by atoms with Gasteiger partial charge in [0.1, 0.15) is 30.0 Å². The Labute approximate surface area is 217 Å². The Kier molecular flexibility index (Phi) is 6.03. The van der Waals surface area contributed by atoms with Crippen LogP contribution in [-0.2, 0) is 23.0 Å². The Bertz CT molecular complexity index is 1650. The number of rotatable bonds is 6. The molecule has 1 aliphatic rings. The summed E-state index contributed by atoms with van der Waals surface area (Å²) in [4.78, 5) is 21.4. The number of fused-ring (bicyclic) bond motifs is 2. The molecule has 4 atom stereocenters. The van der Waals surface area contributed by atoms with Crippen molar-refractivity contribution in [3.8, 4) is 11.3 Å². The number of nitrogens with one attached hydrogen (secondary N) is 1. The highest BCUT2D eigenvalue weighted by Crippen LogP contribution is 2.37. The Balaban J connectivity index is 1.20. The van der Waals surface area contributed by atoms with Crippen molar-refractivity contribution >= 4 is 33.5 Å². The molecular weight excluding hydrogens is 486 g/mol. The van der Waals surface area contributed by atoms with E-state index in [2.05, 4.69) is 32.5 Å². The number of carbonyl (C=O) groups excluding carboxylic acids is 1. The molecule has 2 aromatic carbocycles. The van der Waals surface area contributed by atoms with E-state index < -0.39 is 30.4 Å². The lowest BCUT2D eigenvalue weighted by Crippen LogP contribution is -2.43. The molecule has 3 aromatic heterocycles. The molecule has 1 saturated heterocycles. The van der Waals surface area contributed by atoms with Crippen LogP contribution < -0.4 is 11.1 Å². The number of amides is 1. The van der Waals surface area contributed by atoms with Crippen LogP contribution in [-0.4, -0.2) is 65.3 Å². The molecule has 6 rings (SSSR count). The molecule has 0 saturated carbocycles. The van der Waals surface area contributed by atoms with E-state index in [1.54, 1.807) is 28.7 Å². The number of nitrogen functional groups attached to an aromatic ring is 1. The highest BCUT2D eigenvalue weighted by molar-refractivity contribution is 6.00. The van der Waals surface area contributed by atoms with Gasteiger partial charge in [0.2, 0.25) is 0 Å². The van der Waals surface area contributed by atoms with Crippen molar-refractivity contribution in [3.05, 3.63) is 72.8 Å². The van der Waals surface area contributed by atoms with Crippen molar-refractivity contribution in [1.29, 1.82) is 0 Å². The monoisotopic (exact) mass is 513 g/mol. The number of hydrogen-bond donors (Lipinski definition) is 4. The summed E-state index contributed by atoms with van der Waals surface area (Å²) in [6, 6.07) is 16.1. The molecule has 0 bridgehead atoms. The van der Waals surface area contributed by atoms with Crippen LogP contribution >= 0.6 is 0 Å². The molecule has 4 heterocycles. The van der Waals surface area contributed by atoms with Crippen LogP contribution in [0.3, 0.4) is 0 Å². The number of nitrogens with zero attached hydrogens (tertiary/aromatic N) is 5. The minimum absolute atomic E-state index is 0.241. The largest absolute Gasteiger partial charge is 0.387 e. The number of ether oxygens (including phenoxy) is 1. The minimum atomic E-state index is -1.43. The zero-order chi connectivity index (χ0) is 26.4. The molecule has 5 N–H and O–H groups in total. The number of hydrogen-bond acceptors (Lipinski definition) is 8. The predicted octanol–water partition coefficient (Wildman–Crippen LogP) is 1.55. The van der Waals surface area contributed by atoms with E-state index in [0.29, 0.717) is 35.3 Å².